The summed E-state index contributed by atoms with van der Waals surface area (Å²) in [4.78, 5) is 23.5. The molecule has 1 aromatic rings. The van der Waals surface area contributed by atoms with Crippen LogP contribution in [0.2, 0.25) is 0 Å². The van der Waals surface area contributed by atoms with Crippen molar-refractivity contribution in [3.8, 4) is 0 Å². The molecule has 0 heterocycles. The van der Waals surface area contributed by atoms with E-state index in [0.29, 0.717) is 38.6 Å². The van der Waals surface area contributed by atoms with Crippen LogP contribution in [0.25, 0.3) is 0 Å². The highest BCUT2D eigenvalue weighted by Gasteiger charge is 2.42. The summed E-state index contributed by atoms with van der Waals surface area (Å²) in [5, 5.41) is 23.9. The van der Waals surface area contributed by atoms with Crippen molar-refractivity contribution in [2.24, 2.45) is 11.8 Å². The number of esters is 1. The zero-order valence-electron chi connectivity index (χ0n) is 20.6. The zero-order valence-corrected chi connectivity index (χ0v) is 20.6. The number of aliphatic hydroxyl groups is 2. The fourth-order valence-corrected chi connectivity index (χ4v) is 4.42. The number of hydrogen-bond donors (Lipinski definition) is 3. The molecule has 5 atom stereocenters. The molecule has 2 rings (SSSR count). The van der Waals surface area contributed by atoms with E-state index in [-0.39, 0.29) is 29.8 Å². The van der Waals surface area contributed by atoms with Gasteiger partial charge in [0.25, 0.3) is 0 Å². The third kappa shape index (κ3) is 9.82. The van der Waals surface area contributed by atoms with Crippen LogP contribution in [0.4, 0.5) is 0 Å². The van der Waals surface area contributed by atoms with Gasteiger partial charge in [-0.15, -0.1) is 0 Å². The summed E-state index contributed by atoms with van der Waals surface area (Å²) in [6, 6.07) is 10.0. The molecule has 6 nitrogen and oxygen atoms in total. The van der Waals surface area contributed by atoms with Gasteiger partial charge < -0.3 is 20.3 Å². The molecular weight excluding hydrogens is 430 g/mol. The van der Waals surface area contributed by atoms with Gasteiger partial charge in [-0.05, 0) is 44.6 Å². The second-order valence-corrected chi connectivity index (χ2v) is 8.96. The molecule has 0 aliphatic heterocycles. The molecule has 1 saturated carbocycles. The van der Waals surface area contributed by atoms with Crippen LogP contribution in [0.3, 0.4) is 0 Å². The van der Waals surface area contributed by atoms with E-state index in [1.807, 2.05) is 43.3 Å². The highest BCUT2D eigenvalue weighted by atomic mass is 16.5. The molecule has 1 aliphatic rings. The van der Waals surface area contributed by atoms with Crippen molar-refractivity contribution >= 4 is 11.9 Å². The fraction of sp³-hybridized carbons (Fsp3) is 0.571. The van der Waals surface area contributed by atoms with Crippen LogP contribution in [-0.4, -0.2) is 46.9 Å². The number of amides is 1. The summed E-state index contributed by atoms with van der Waals surface area (Å²) in [5.74, 6) is -0.443. The molecule has 0 bridgehead atoms. The van der Waals surface area contributed by atoms with Crippen LogP contribution >= 0.6 is 0 Å². The van der Waals surface area contributed by atoms with Crippen LogP contribution in [0, 0.1) is 11.8 Å². The normalized spacial score (nSPS) is 23.4. The second kappa shape index (κ2) is 15.5. The monoisotopic (exact) mass is 471 g/mol. The number of benzene rings is 1. The van der Waals surface area contributed by atoms with E-state index in [1.165, 1.54) is 5.56 Å². The Balaban J connectivity index is 1.93. The third-order valence-electron chi connectivity index (χ3n) is 6.31. The molecule has 0 unspecified atom stereocenters. The van der Waals surface area contributed by atoms with E-state index in [1.54, 1.807) is 13.0 Å². The number of carbonyl (C=O) groups is 2. The number of unbranched alkanes of at least 4 members (excludes halogenated alkanes) is 1. The Hall–Kier alpha value is -2.44. The van der Waals surface area contributed by atoms with Crippen LogP contribution in [0.15, 0.2) is 54.6 Å². The topological polar surface area (TPSA) is 95.9 Å². The molecule has 3 N–H and O–H groups in total. The lowest BCUT2D eigenvalue weighted by Gasteiger charge is -2.22. The molecule has 1 aromatic carbocycles. The Kier molecular flexibility index (Phi) is 12.6. The van der Waals surface area contributed by atoms with E-state index < -0.39 is 12.2 Å². The van der Waals surface area contributed by atoms with Crippen LogP contribution in [0.1, 0.15) is 64.4 Å². The Morgan fingerprint density at radius 2 is 1.97 bits per heavy atom. The van der Waals surface area contributed by atoms with E-state index in [2.05, 4.69) is 17.5 Å². The maximum Gasteiger partial charge on any atom is 0.305 e. The highest BCUT2D eigenvalue weighted by Crippen LogP contribution is 2.38. The lowest BCUT2D eigenvalue weighted by molar-refractivity contribution is -0.150. The number of rotatable bonds is 14. The second-order valence-electron chi connectivity index (χ2n) is 8.96. The highest BCUT2D eigenvalue weighted by molar-refractivity contribution is 5.75. The van der Waals surface area contributed by atoms with Gasteiger partial charge in [0.05, 0.1) is 12.2 Å². The minimum atomic E-state index is -0.622. The number of aryl methyl sites for hydroxylation is 1. The van der Waals surface area contributed by atoms with Crippen LogP contribution < -0.4 is 5.32 Å². The largest absolute Gasteiger partial charge is 0.462 e. The molecular formula is C28H41NO5. The molecule has 6 heteroatoms. The van der Waals surface area contributed by atoms with Crippen molar-refractivity contribution in [3.63, 3.8) is 0 Å². The lowest BCUT2D eigenvalue weighted by Crippen LogP contribution is -2.25. The molecule has 0 saturated heterocycles. The Morgan fingerprint density at radius 1 is 1.21 bits per heavy atom. The van der Waals surface area contributed by atoms with E-state index >= 15 is 0 Å². The Morgan fingerprint density at radius 3 is 2.68 bits per heavy atom. The van der Waals surface area contributed by atoms with Crippen molar-refractivity contribution in [1.29, 1.82) is 0 Å². The minimum absolute atomic E-state index is 0.0530. The first-order valence-corrected chi connectivity index (χ1v) is 12.6. The van der Waals surface area contributed by atoms with Crippen molar-refractivity contribution in [2.45, 2.75) is 83.5 Å². The lowest BCUT2D eigenvalue weighted by atomic mass is 9.89. The molecule has 0 spiro atoms. The molecule has 0 aromatic heterocycles. The van der Waals surface area contributed by atoms with Gasteiger partial charge in [0.1, 0.15) is 6.10 Å². The Labute approximate surface area is 204 Å². The zero-order chi connectivity index (χ0) is 24.8. The van der Waals surface area contributed by atoms with Gasteiger partial charge in [-0.25, -0.2) is 0 Å². The van der Waals surface area contributed by atoms with Gasteiger partial charge in [-0.1, -0.05) is 61.6 Å². The average molecular weight is 472 g/mol. The fourth-order valence-electron chi connectivity index (χ4n) is 4.42. The molecule has 34 heavy (non-hydrogen) atoms. The van der Waals surface area contributed by atoms with Crippen molar-refractivity contribution in [1.82, 2.24) is 5.32 Å². The predicted octanol–water partition coefficient (Wildman–Crippen LogP) is 4.11. The van der Waals surface area contributed by atoms with Gasteiger partial charge in [0.15, 0.2) is 0 Å². The maximum atomic E-state index is 11.9. The summed E-state index contributed by atoms with van der Waals surface area (Å²) < 4.78 is 5.64. The number of allylic oxidation sites excluding steroid dienone is 2. The summed E-state index contributed by atoms with van der Waals surface area (Å²) in [5.41, 5.74) is 1.18. The van der Waals surface area contributed by atoms with Gasteiger partial charge in [0.2, 0.25) is 5.91 Å². The summed E-state index contributed by atoms with van der Waals surface area (Å²) in [6.07, 6.45) is 11.0. The maximum absolute atomic E-state index is 11.9. The van der Waals surface area contributed by atoms with E-state index in [4.69, 9.17) is 4.74 Å². The summed E-state index contributed by atoms with van der Waals surface area (Å²) in [7, 11) is 0. The quantitative estimate of drug-likeness (QED) is 0.216. The van der Waals surface area contributed by atoms with E-state index in [0.717, 1.165) is 19.3 Å². The summed E-state index contributed by atoms with van der Waals surface area (Å²) >= 11 is 0. The SMILES string of the molecule is CCNC(=O)CCC/C=C\C[C@@H]1[C@@H](/C=C/[C@@H](O)CCc2ccccc2)[C@H](O)C[C@@H]1OC(=O)CC. The predicted molar refractivity (Wildman–Crippen MR) is 134 cm³/mol. The van der Waals surface area contributed by atoms with Crippen LogP contribution in [-0.2, 0) is 20.7 Å². The Bertz CT molecular complexity index is 791. The molecule has 1 fully saturated rings. The number of aliphatic hydroxyl groups excluding tert-OH is 2. The third-order valence-corrected chi connectivity index (χ3v) is 6.31. The molecule has 0 radical (unpaired) electrons. The van der Waals surface area contributed by atoms with Crippen LogP contribution in [0.5, 0.6) is 0 Å². The smallest absolute Gasteiger partial charge is 0.305 e. The average Bonchev–Trinajstić information content (AvgIpc) is 3.12. The number of hydrogen-bond acceptors (Lipinski definition) is 5. The van der Waals surface area contributed by atoms with Gasteiger partial charge >= 0.3 is 5.97 Å². The first-order chi connectivity index (χ1) is 16.4. The standard InChI is InChI=1S/C28H41NO5/c1-3-28(33)34-26-20-25(31)23(19-18-22(30)17-16-21-12-8-7-9-13-21)24(26)14-10-5-6-11-15-27(32)29-4-2/h5,7-10,12-13,18-19,22-26,30-31H,3-4,6,11,14-17,20H2,1-2H3,(H,29,32)/b10-5-,19-18+/t22-,23+,24+,25+,26-/m0/s1. The van der Waals surface area contributed by atoms with Gasteiger partial charge in [-0.3, -0.25) is 9.59 Å². The number of nitrogens with one attached hydrogen (secondary N) is 1. The van der Waals surface area contributed by atoms with Crippen molar-refractivity contribution < 1.29 is 24.5 Å². The molecule has 1 amide bonds. The van der Waals surface area contributed by atoms with E-state index in [9.17, 15) is 19.8 Å². The number of carbonyl (C=O) groups excluding carboxylic acids is 2. The minimum Gasteiger partial charge on any atom is -0.462 e. The molecule has 188 valence electrons. The van der Waals surface area contributed by atoms with Gasteiger partial charge in [0, 0.05) is 37.6 Å². The van der Waals surface area contributed by atoms with Crippen molar-refractivity contribution in [2.75, 3.05) is 6.54 Å². The summed E-state index contributed by atoms with van der Waals surface area (Å²) in [6.45, 7) is 4.31. The first-order valence-electron chi connectivity index (χ1n) is 12.6. The van der Waals surface area contributed by atoms with Gasteiger partial charge in [-0.2, -0.15) is 0 Å². The molecule has 1 aliphatic carbocycles. The first kappa shape index (κ1) is 27.8. The number of ether oxygens (including phenoxy) is 1. The van der Waals surface area contributed by atoms with Crippen molar-refractivity contribution in [3.05, 3.63) is 60.2 Å².